The highest BCUT2D eigenvalue weighted by atomic mass is 35.5. The van der Waals surface area contributed by atoms with Crippen LogP contribution in [0.3, 0.4) is 0 Å². The number of aromatic amines is 1. The van der Waals surface area contributed by atoms with Gasteiger partial charge in [0.1, 0.15) is 0 Å². The highest BCUT2D eigenvalue weighted by Crippen LogP contribution is 2.15. The number of nitrogens with one attached hydrogen (secondary N) is 2. The zero-order valence-electron chi connectivity index (χ0n) is 11.0. The number of H-pyrrole nitrogens is 1. The summed E-state index contributed by atoms with van der Waals surface area (Å²) >= 11 is 5.95. The van der Waals surface area contributed by atoms with E-state index < -0.39 is 0 Å². The lowest BCUT2D eigenvalue weighted by Gasteiger charge is -2.01. The minimum absolute atomic E-state index is 0.340. The molecule has 0 radical (unpaired) electrons. The van der Waals surface area contributed by atoms with Crippen LogP contribution in [0.5, 0.6) is 0 Å². The van der Waals surface area contributed by atoms with Crippen molar-refractivity contribution in [2.24, 2.45) is 5.10 Å². The SMILES string of the molecule is O=C(N/N=C/c1cc2ccccc2[nH]1)c1ccccc1Cl. The minimum atomic E-state index is -0.340. The first-order valence-corrected chi connectivity index (χ1v) is 6.77. The molecule has 0 aliphatic carbocycles. The number of hydrogen-bond acceptors (Lipinski definition) is 2. The molecular weight excluding hydrogens is 286 g/mol. The third kappa shape index (κ3) is 2.95. The number of aromatic nitrogens is 1. The van der Waals surface area contributed by atoms with Gasteiger partial charge in [0.25, 0.3) is 5.91 Å². The summed E-state index contributed by atoms with van der Waals surface area (Å²) in [5.74, 6) is -0.340. The van der Waals surface area contributed by atoms with Crippen molar-refractivity contribution >= 4 is 34.6 Å². The molecule has 1 heterocycles. The smallest absolute Gasteiger partial charge is 0.272 e. The summed E-state index contributed by atoms with van der Waals surface area (Å²) in [7, 11) is 0. The third-order valence-electron chi connectivity index (χ3n) is 3.04. The van der Waals surface area contributed by atoms with Crippen molar-refractivity contribution in [3.63, 3.8) is 0 Å². The minimum Gasteiger partial charge on any atom is -0.354 e. The molecule has 3 aromatic rings. The van der Waals surface area contributed by atoms with Gasteiger partial charge >= 0.3 is 0 Å². The van der Waals surface area contributed by atoms with E-state index in [4.69, 9.17) is 11.6 Å². The van der Waals surface area contributed by atoms with Gasteiger partial charge in [-0.25, -0.2) is 5.43 Å². The monoisotopic (exact) mass is 297 g/mol. The van der Waals surface area contributed by atoms with Crippen LogP contribution in [0.4, 0.5) is 0 Å². The molecular formula is C16H12ClN3O. The van der Waals surface area contributed by atoms with Crippen LogP contribution in [0.2, 0.25) is 5.02 Å². The zero-order valence-corrected chi connectivity index (χ0v) is 11.8. The van der Waals surface area contributed by atoms with Gasteiger partial charge in [-0.05, 0) is 24.3 Å². The fourth-order valence-electron chi connectivity index (χ4n) is 2.03. The highest BCUT2D eigenvalue weighted by Gasteiger charge is 2.07. The molecule has 2 aromatic carbocycles. The molecule has 0 unspecified atom stereocenters. The van der Waals surface area contributed by atoms with Gasteiger partial charge in [0, 0.05) is 10.9 Å². The number of halogens is 1. The van der Waals surface area contributed by atoms with Gasteiger partial charge in [0.2, 0.25) is 0 Å². The maximum Gasteiger partial charge on any atom is 0.272 e. The Labute approximate surface area is 126 Å². The van der Waals surface area contributed by atoms with Crippen LogP contribution in [-0.4, -0.2) is 17.1 Å². The maximum atomic E-state index is 11.9. The summed E-state index contributed by atoms with van der Waals surface area (Å²) in [6.07, 6.45) is 1.56. The van der Waals surface area contributed by atoms with Crippen molar-refractivity contribution in [3.05, 3.63) is 70.9 Å². The van der Waals surface area contributed by atoms with Crippen molar-refractivity contribution in [1.29, 1.82) is 0 Å². The zero-order chi connectivity index (χ0) is 14.7. The van der Waals surface area contributed by atoms with E-state index in [1.807, 2.05) is 30.3 Å². The Balaban J connectivity index is 1.72. The largest absolute Gasteiger partial charge is 0.354 e. The Morgan fingerprint density at radius 2 is 1.90 bits per heavy atom. The van der Waals surface area contributed by atoms with Crippen LogP contribution >= 0.6 is 11.6 Å². The first-order chi connectivity index (χ1) is 10.2. The number of fused-ring (bicyclic) bond motifs is 1. The molecule has 0 saturated carbocycles. The number of carbonyl (C=O) groups excluding carboxylic acids is 1. The molecule has 2 N–H and O–H groups in total. The molecule has 1 amide bonds. The first kappa shape index (κ1) is 13.4. The molecule has 4 nitrogen and oxygen atoms in total. The number of carbonyl (C=O) groups is 1. The molecule has 21 heavy (non-hydrogen) atoms. The predicted octanol–water partition coefficient (Wildman–Crippen LogP) is 3.59. The molecule has 0 aliphatic rings. The second-order valence-corrected chi connectivity index (χ2v) is 4.90. The number of amides is 1. The normalized spacial score (nSPS) is 11.1. The molecule has 0 saturated heterocycles. The van der Waals surface area contributed by atoms with E-state index in [2.05, 4.69) is 15.5 Å². The summed E-state index contributed by atoms with van der Waals surface area (Å²) in [5.41, 5.74) is 4.69. The van der Waals surface area contributed by atoms with Crippen LogP contribution in [0.1, 0.15) is 16.1 Å². The topological polar surface area (TPSA) is 57.2 Å². The number of nitrogens with zero attached hydrogens (tertiary/aromatic N) is 1. The summed E-state index contributed by atoms with van der Waals surface area (Å²) in [5, 5.41) is 5.43. The van der Waals surface area contributed by atoms with Gasteiger partial charge < -0.3 is 4.98 Å². The average Bonchev–Trinajstić information content (AvgIpc) is 2.90. The number of benzene rings is 2. The lowest BCUT2D eigenvalue weighted by atomic mass is 10.2. The van der Waals surface area contributed by atoms with E-state index in [9.17, 15) is 4.79 Å². The van der Waals surface area contributed by atoms with Gasteiger partial charge in [-0.15, -0.1) is 0 Å². The van der Waals surface area contributed by atoms with Gasteiger partial charge in [-0.1, -0.05) is 41.9 Å². The van der Waals surface area contributed by atoms with Gasteiger partial charge in [0.05, 0.1) is 22.5 Å². The highest BCUT2D eigenvalue weighted by molar-refractivity contribution is 6.33. The van der Waals surface area contributed by atoms with Crippen molar-refractivity contribution in [2.75, 3.05) is 0 Å². The van der Waals surface area contributed by atoms with Gasteiger partial charge in [-0.2, -0.15) is 5.10 Å². The molecule has 0 aliphatic heterocycles. The molecule has 0 bridgehead atoms. The second-order valence-electron chi connectivity index (χ2n) is 4.49. The van der Waals surface area contributed by atoms with E-state index in [0.29, 0.717) is 10.6 Å². The van der Waals surface area contributed by atoms with Crippen LogP contribution in [0.15, 0.2) is 59.7 Å². The standard InChI is InChI=1S/C16H12ClN3O/c17-14-7-3-2-6-13(14)16(21)20-18-10-12-9-11-5-1-4-8-15(11)19-12/h1-10,19H,(H,20,21)/b18-10+. The van der Waals surface area contributed by atoms with Gasteiger partial charge in [0.15, 0.2) is 0 Å². The van der Waals surface area contributed by atoms with E-state index in [1.54, 1.807) is 30.5 Å². The summed E-state index contributed by atoms with van der Waals surface area (Å²) in [6.45, 7) is 0. The first-order valence-electron chi connectivity index (χ1n) is 6.40. The quantitative estimate of drug-likeness (QED) is 0.563. The summed E-state index contributed by atoms with van der Waals surface area (Å²) < 4.78 is 0. The van der Waals surface area contributed by atoms with E-state index in [-0.39, 0.29) is 5.91 Å². The number of para-hydroxylation sites is 1. The molecule has 0 spiro atoms. The molecule has 104 valence electrons. The molecule has 0 fully saturated rings. The molecule has 1 aromatic heterocycles. The second kappa shape index (κ2) is 5.81. The Morgan fingerprint density at radius 3 is 2.71 bits per heavy atom. The third-order valence-corrected chi connectivity index (χ3v) is 3.37. The van der Waals surface area contributed by atoms with Crippen LogP contribution in [0.25, 0.3) is 10.9 Å². The fourth-order valence-corrected chi connectivity index (χ4v) is 2.25. The van der Waals surface area contributed by atoms with Crippen molar-refractivity contribution in [3.8, 4) is 0 Å². The Morgan fingerprint density at radius 1 is 1.14 bits per heavy atom. The molecule has 3 rings (SSSR count). The van der Waals surface area contributed by atoms with Crippen LogP contribution in [0, 0.1) is 0 Å². The maximum absolute atomic E-state index is 11.9. The Bertz CT molecular complexity index is 790. The van der Waals surface area contributed by atoms with Gasteiger partial charge in [-0.3, -0.25) is 4.79 Å². The Kier molecular flexibility index (Phi) is 3.71. The lowest BCUT2D eigenvalue weighted by molar-refractivity contribution is 0.0955. The van der Waals surface area contributed by atoms with Crippen molar-refractivity contribution < 1.29 is 4.79 Å². The van der Waals surface area contributed by atoms with Crippen molar-refractivity contribution in [2.45, 2.75) is 0 Å². The Hall–Kier alpha value is -2.59. The molecule has 5 heteroatoms. The van der Waals surface area contributed by atoms with Crippen molar-refractivity contribution in [1.82, 2.24) is 10.4 Å². The van der Waals surface area contributed by atoms with E-state index in [1.165, 1.54) is 0 Å². The summed E-state index contributed by atoms with van der Waals surface area (Å²) in [4.78, 5) is 15.1. The summed E-state index contributed by atoms with van der Waals surface area (Å²) in [6, 6.07) is 16.7. The predicted molar refractivity (Wildman–Crippen MR) is 84.8 cm³/mol. The molecule has 0 atom stereocenters. The number of hydrogen-bond donors (Lipinski definition) is 2. The van der Waals surface area contributed by atoms with E-state index in [0.717, 1.165) is 16.6 Å². The number of rotatable bonds is 3. The fraction of sp³-hybridized carbons (Fsp3) is 0. The lowest BCUT2D eigenvalue weighted by Crippen LogP contribution is -2.17. The van der Waals surface area contributed by atoms with E-state index >= 15 is 0 Å². The average molecular weight is 298 g/mol. The number of hydrazone groups is 1. The van der Waals surface area contributed by atoms with Crippen LogP contribution in [-0.2, 0) is 0 Å². The van der Waals surface area contributed by atoms with Crippen LogP contribution < -0.4 is 5.43 Å².